The van der Waals surface area contributed by atoms with Gasteiger partial charge in [-0.25, -0.2) is 9.18 Å². The van der Waals surface area contributed by atoms with E-state index in [-0.39, 0.29) is 11.1 Å². The lowest BCUT2D eigenvalue weighted by Gasteiger charge is -2.41. The molecule has 0 saturated heterocycles. The summed E-state index contributed by atoms with van der Waals surface area (Å²) in [5.41, 5.74) is 0.402. The molecule has 2 atom stereocenters. The zero-order chi connectivity index (χ0) is 18.9. The van der Waals surface area contributed by atoms with Gasteiger partial charge < -0.3 is 9.16 Å². The van der Waals surface area contributed by atoms with Gasteiger partial charge in [0, 0.05) is 12.5 Å². The van der Waals surface area contributed by atoms with E-state index >= 15 is 0 Å². The van der Waals surface area contributed by atoms with Crippen molar-refractivity contribution in [1.82, 2.24) is 0 Å². The quantitative estimate of drug-likeness (QED) is 0.389. The van der Waals surface area contributed by atoms with Crippen LogP contribution in [0.4, 0.5) is 4.39 Å². The third-order valence-corrected chi connectivity index (χ3v) is 9.21. The first-order valence-corrected chi connectivity index (χ1v) is 11.5. The molecule has 0 aliphatic heterocycles. The van der Waals surface area contributed by atoms with Gasteiger partial charge in [-0.15, -0.1) is 0 Å². The summed E-state index contributed by atoms with van der Waals surface area (Å²) in [5, 5.41) is 0.0578. The molecule has 0 aromatic carbocycles. The van der Waals surface area contributed by atoms with Gasteiger partial charge in [0.15, 0.2) is 8.32 Å². The van der Waals surface area contributed by atoms with Crippen LogP contribution >= 0.6 is 0 Å². The molecule has 138 valence electrons. The molecule has 0 spiro atoms. The molecule has 0 heterocycles. The minimum Gasteiger partial charge on any atom is -0.457 e. The van der Waals surface area contributed by atoms with Crippen LogP contribution in [0.5, 0.6) is 0 Å². The van der Waals surface area contributed by atoms with Crippen molar-refractivity contribution in [3.8, 4) is 0 Å². The fourth-order valence-corrected chi connectivity index (χ4v) is 3.71. The summed E-state index contributed by atoms with van der Waals surface area (Å²) in [6.07, 6.45) is 0.783. The Hall–Kier alpha value is -0.943. The number of esters is 1. The highest BCUT2D eigenvalue weighted by atomic mass is 28.4. The van der Waals surface area contributed by atoms with Crippen LogP contribution in [0.15, 0.2) is 23.8 Å². The molecule has 24 heavy (non-hydrogen) atoms. The molecule has 0 radical (unpaired) electrons. The van der Waals surface area contributed by atoms with Gasteiger partial charge in [-0.05, 0) is 56.5 Å². The molecule has 3 nitrogen and oxygen atoms in total. The lowest BCUT2D eigenvalue weighted by atomic mass is 9.87. The Bertz CT molecular complexity index is 524. The number of hydrogen-bond donors (Lipinski definition) is 0. The van der Waals surface area contributed by atoms with Gasteiger partial charge in [0.1, 0.15) is 11.8 Å². The van der Waals surface area contributed by atoms with E-state index in [2.05, 4.69) is 40.4 Å². The van der Waals surface area contributed by atoms with Gasteiger partial charge in [0.25, 0.3) is 0 Å². The van der Waals surface area contributed by atoms with E-state index in [1.807, 2.05) is 0 Å². The number of rotatable bonds is 3. The SMILES string of the molecule is C=C1/C(=C/C(=O)OC(C)(C)C)C[C@@H](O[Si](C)(C)C(C)(C)C)C[C@@H]1F. The van der Waals surface area contributed by atoms with Crippen LogP contribution in [0, 0.1) is 0 Å². The molecule has 0 bridgehead atoms. The van der Waals surface area contributed by atoms with Crippen LogP contribution in [0.1, 0.15) is 54.4 Å². The summed E-state index contributed by atoms with van der Waals surface area (Å²) in [5.74, 6) is -0.459. The van der Waals surface area contributed by atoms with E-state index < -0.39 is 26.1 Å². The third kappa shape index (κ3) is 5.85. The molecular formula is C19H33FO3Si. The summed E-state index contributed by atoms with van der Waals surface area (Å²) < 4.78 is 26.0. The van der Waals surface area contributed by atoms with Crippen molar-refractivity contribution in [1.29, 1.82) is 0 Å². The number of ether oxygens (including phenoxy) is 1. The second kappa shape index (κ2) is 7.12. The Morgan fingerprint density at radius 1 is 1.25 bits per heavy atom. The lowest BCUT2D eigenvalue weighted by Crippen LogP contribution is -2.45. The third-order valence-electron chi connectivity index (χ3n) is 4.67. The van der Waals surface area contributed by atoms with Crippen LogP contribution in [0.2, 0.25) is 18.1 Å². The normalized spacial score (nSPS) is 25.0. The van der Waals surface area contributed by atoms with Gasteiger partial charge in [-0.2, -0.15) is 0 Å². The van der Waals surface area contributed by atoms with Gasteiger partial charge in [0.2, 0.25) is 0 Å². The van der Waals surface area contributed by atoms with Crippen LogP contribution in [0.3, 0.4) is 0 Å². The summed E-state index contributed by atoms with van der Waals surface area (Å²) in [7, 11) is -1.99. The molecule has 1 saturated carbocycles. The number of alkyl halides is 1. The van der Waals surface area contributed by atoms with Gasteiger partial charge in [0.05, 0.1) is 6.10 Å². The van der Waals surface area contributed by atoms with Crippen molar-refractivity contribution in [3.63, 3.8) is 0 Å². The molecule has 1 aliphatic rings. The second-order valence-corrected chi connectivity index (χ2v) is 13.9. The maximum absolute atomic E-state index is 14.4. The first kappa shape index (κ1) is 21.1. The lowest BCUT2D eigenvalue weighted by molar-refractivity contribution is -0.148. The zero-order valence-corrected chi connectivity index (χ0v) is 17.5. The van der Waals surface area contributed by atoms with Crippen molar-refractivity contribution in [2.45, 2.75) is 90.4 Å². The summed E-state index contributed by atoms with van der Waals surface area (Å²) in [6.45, 7) is 20.0. The highest BCUT2D eigenvalue weighted by molar-refractivity contribution is 6.74. The molecule has 0 aromatic rings. The summed E-state index contributed by atoms with van der Waals surface area (Å²) >= 11 is 0. The van der Waals surface area contributed by atoms with Crippen LogP contribution < -0.4 is 0 Å². The van der Waals surface area contributed by atoms with Gasteiger partial charge >= 0.3 is 5.97 Å². The Morgan fingerprint density at radius 2 is 1.79 bits per heavy atom. The number of allylic oxidation sites excluding steroid dienone is 1. The van der Waals surface area contributed by atoms with Crippen molar-refractivity contribution < 1.29 is 18.3 Å². The second-order valence-electron chi connectivity index (χ2n) is 9.14. The smallest absolute Gasteiger partial charge is 0.331 e. The molecule has 0 N–H and O–H groups in total. The highest BCUT2D eigenvalue weighted by Crippen LogP contribution is 2.41. The van der Waals surface area contributed by atoms with Crippen LogP contribution in [-0.2, 0) is 14.0 Å². The van der Waals surface area contributed by atoms with Crippen LogP contribution in [-0.4, -0.2) is 32.2 Å². The molecular weight excluding hydrogens is 323 g/mol. The summed E-state index contributed by atoms with van der Waals surface area (Å²) in [6, 6.07) is 0. The maximum atomic E-state index is 14.4. The predicted molar refractivity (Wildman–Crippen MR) is 99.3 cm³/mol. The number of carbonyl (C=O) groups excluding carboxylic acids is 1. The number of hydrogen-bond acceptors (Lipinski definition) is 3. The van der Waals surface area contributed by atoms with Crippen molar-refractivity contribution in [2.24, 2.45) is 0 Å². The Morgan fingerprint density at radius 3 is 2.25 bits per heavy atom. The molecule has 0 aromatic heterocycles. The topological polar surface area (TPSA) is 35.5 Å². The standard InChI is InChI=1S/C19H33FO3Si/c1-13-14(11-17(21)22-18(2,3)4)10-15(12-16(13)20)23-24(8,9)19(5,6)7/h11,15-16H,1,10,12H2,2-9H3/b14-11+/t15-,16+/m1/s1. The minimum absolute atomic E-state index is 0.0578. The average molecular weight is 357 g/mol. The fourth-order valence-electron chi connectivity index (χ4n) is 2.34. The van der Waals surface area contributed by atoms with E-state index in [1.54, 1.807) is 20.8 Å². The van der Waals surface area contributed by atoms with Gasteiger partial charge in [-0.3, -0.25) is 0 Å². The van der Waals surface area contributed by atoms with E-state index in [4.69, 9.17) is 9.16 Å². The molecule has 1 rings (SSSR count). The van der Waals surface area contributed by atoms with E-state index in [0.29, 0.717) is 24.0 Å². The maximum Gasteiger partial charge on any atom is 0.331 e. The monoisotopic (exact) mass is 356 g/mol. The molecule has 1 fully saturated rings. The molecule has 1 aliphatic carbocycles. The van der Waals surface area contributed by atoms with E-state index in [9.17, 15) is 9.18 Å². The first-order valence-electron chi connectivity index (χ1n) is 8.57. The Labute approximate surface area is 147 Å². The average Bonchev–Trinajstić information content (AvgIpc) is 2.30. The van der Waals surface area contributed by atoms with Crippen molar-refractivity contribution in [2.75, 3.05) is 0 Å². The predicted octanol–water partition coefficient (Wildman–Crippen LogP) is 5.33. The Balaban J connectivity index is 2.92. The molecule has 5 heteroatoms. The molecule has 0 unspecified atom stereocenters. The zero-order valence-electron chi connectivity index (χ0n) is 16.5. The van der Waals surface area contributed by atoms with E-state index in [0.717, 1.165) is 0 Å². The first-order chi connectivity index (χ1) is 10.6. The molecule has 0 amide bonds. The largest absolute Gasteiger partial charge is 0.457 e. The Kier molecular flexibility index (Phi) is 6.26. The fraction of sp³-hybridized carbons (Fsp3) is 0.737. The van der Waals surface area contributed by atoms with E-state index in [1.165, 1.54) is 6.08 Å². The van der Waals surface area contributed by atoms with Crippen molar-refractivity contribution >= 4 is 14.3 Å². The number of carbonyl (C=O) groups is 1. The van der Waals surface area contributed by atoms with Gasteiger partial charge in [-0.1, -0.05) is 27.4 Å². The minimum atomic E-state index is -1.99. The van der Waals surface area contributed by atoms with Crippen molar-refractivity contribution in [3.05, 3.63) is 23.8 Å². The summed E-state index contributed by atoms with van der Waals surface area (Å²) in [4.78, 5) is 12.0. The van der Waals surface area contributed by atoms with Crippen LogP contribution in [0.25, 0.3) is 0 Å². The highest BCUT2D eigenvalue weighted by Gasteiger charge is 2.41. The number of halogens is 1.